The third kappa shape index (κ3) is 6.95. The zero-order chi connectivity index (χ0) is 25.9. The molecule has 0 aromatic heterocycles. The molecule has 1 unspecified atom stereocenters. The summed E-state index contributed by atoms with van der Waals surface area (Å²) in [5.74, 6) is -0.152. The Hall–Kier alpha value is -2.71. The van der Waals surface area contributed by atoms with Gasteiger partial charge < -0.3 is 15.1 Å². The molecule has 11 heteroatoms. The van der Waals surface area contributed by atoms with E-state index in [9.17, 15) is 23.4 Å². The molecule has 4 aromatic rings. The van der Waals surface area contributed by atoms with E-state index in [2.05, 4.69) is 5.32 Å². The van der Waals surface area contributed by atoms with Crippen molar-refractivity contribution in [3.05, 3.63) is 101 Å². The molecule has 0 fully saturated rings. The number of rotatable bonds is 8. The van der Waals surface area contributed by atoms with Crippen molar-refractivity contribution in [1.82, 2.24) is 0 Å². The number of amides is 1. The summed E-state index contributed by atoms with van der Waals surface area (Å²) >= 11 is 12.1. The Bertz CT molecular complexity index is 1480. The summed E-state index contributed by atoms with van der Waals surface area (Å²) in [6, 6.07) is 24.0. The summed E-state index contributed by atoms with van der Waals surface area (Å²) < 4.78 is 26.3. The van der Waals surface area contributed by atoms with Crippen molar-refractivity contribution in [3.63, 3.8) is 0 Å². The van der Waals surface area contributed by atoms with Crippen LogP contribution in [0.2, 0.25) is 10.0 Å². The van der Waals surface area contributed by atoms with E-state index in [1.165, 1.54) is 18.2 Å². The predicted octanol–water partition coefficient (Wildman–Crippen LogP) is 5.99. The van der Waals surface area contributed by atoms with E-state index in [-0.39, 0.29) is 27.3 Å². The molecule has 36 heavy (non-hydrogen) atoms. The SMILES string of the molecule is O=C(Cc1ccccc1)Nc1ccc2cc(N(CP(=O)(O)O)S(=O)c3cc(Cl)cc(Cl)c3)ccc2c1. The molecule has 0 spiro atoms. The number of nitrogens with one attached hydrogen (secondary N) is 1. The van der Waals surface area contributed by atoms with Gasteiger partial charge >= 0.3 is 7.60 Å². The van der Waals surface area contributed by atoms with Crippen LogP contribution in [-0.2, 0) is 26.8 Å². The van der Waals surface area contributed by atoms with Gasteiger partial charge in [-0.2, -0.15) is 0 Å². The van der Waals surface area contributed by atoms with Gasteiger partial charge in [0, 0.05) is 15.7 Å². The van der Waals surface area contributed by atoms with Crippen molar-refractivity contribution in [3.8, 4) is 0 Å². The minimum atomic E-state index is -4.58. The minimum absolute atomic E-state index is 0.152. The lowest BCUT2D eigenvalue weighted by molar-refractivity contribution is -0.115. The van der Waals surface area contributed by atoms with Crippen LogP contribution in [0.15, 0.2) is 89.8 Å². The number of nitrogens with zero attached hydrogens (tertiary/aromatic N) is 1. The van der Waals surface area contributed by atoms with Crippen LogP contribution in [0.5, 0.6) is 0 Å². The van der Waals surface area contributed by atoms with Crippen molar-refractivity contribution < 1.29 is 23.4 Å². The molecule has 1 atom stereocenters. The smallest absolute Gasteiger partial charge is 0.326 e. The first-order valence-corrected chi connectivity index (χ1v) is 14.3. The second-order valence-electron chi connectivity index (χ2n) is 8.00. The topological polar surface area (TPSA) is 107 Å². The van der Waals surface area contributed by atoms with Gasteiger partial charge in [0.05, 0.1) is 17.0 Å². The maximum absolute atomic E-state index is 13.3. The fourth-order valence-corrected chi connectivity index (χ4v) is 6.65. The van der Waals surface area contributed by atoms with Gasteiger partial charge in [0.25, 0.3) is 0 Å². The van der Waals surface area contributed by atoms with Gasteiger partial charge in [-0.25, -0.2) is 4.21 Å². The molecule has 4 aromatic carbocycles. The molecule has 0 heterocycles. The normalized spacial score (nSPS) is 12.3. The molecule has 186 valence electrons. The first-order valence-electron chi connectivity index (χ1n) is 10.6. The highest BCUT2D eigenvalue weighted by molar-refractivity contribution is 7.87. The van der Waals surface area contributed by atoms with Crippen molar-refractivity contribution in [1.29, 1.82) is 0 Å². The molecular formula is C25H21Cl2N2O5PS. The van der Waals surface area contributed by atoms with Crippen LogP contribution in [0.4, 0.5) is 11.4 Å². The van der Waals surface area contributed by atoms with Crippen LogP contribution in [0.1, 0.15) is 5.56 Å². The fraction of sp³-hybridized carbons (Fsp3) is 0.0800. The van der Waals surface area contributed by atoms with Gasteiger partial charge in [0.15, 0.2) is 11.0 Å². The van der Waals surface area contributed by atoms with Gasteiger partial charge in [-0.15, -0.1) is 0 Å². The largest absolute Gasteiger partial charge is 0.345 e. The lowest BCUT2D eigenvalue weighted by Crippen LogP contribution is -2.27. The first-order chi connectivity index (χ1) is 17.1. The Kier molecular flexibility index (Phi) is 8.15. The van der Waals surface area contributed by atoms with Crippen LogP contribution < -0.4 is 9.62 Å². The zero-order valence-electron chi connectivity index (χ0n) is 18.7. The number of halogens is 2. The molecule has 0 aliphatic heterocycles. The number of benzene rings is 4. The predicted molar refractivity (Wildman–Crippen MR) is 145 cm³/mol. The van der Waals surface area contributed by atoms with E-state index in [0.717, 1.165) is 20.6 Å². The average molecular weight is 563 g/mol. The summed E-state index contributed by atoms with van der Waals surface area (Å²) in [5.41, 5.74) is 1.85. The standard InChI is InChI=1S/C25H21Cl2N2O5PS/c26-20-13-21(27)15-24(14-20)36(34)29(16-35(31,32)33)23-9-7-18-11-22(8-6-19(18)12-23)28-25(30)10-17-4-2-1-3-5-17/h1-9,11-15H,10,16H2,(H,28,30)(H2,31,32,33). The molecule has 0 saturated heterocycles. The molecule has 0 bridgehead atoms. The maximum Gasteiger partial charge on any atom is 0.345 e. The molecule has 0 radical (unpaired) electrons. The van der Waals surface area contributed by atoms with Crippen LogP contribution in [0.3, 0.4) is 0 Å². The Morgan fingerprint density at radius 1 is 0.889 bits per heavy atom. The number of carbonyl (C=O) groups excluding carboxylic acids is 1. The molecule has 0 saturated carbocycles. The Morgan fingerprint density at radius 2 is 1.53 bits per heavy atom. The molecule has 4 rings (SSSR count). The third-order valence-corrected chi connectivity index (χ3v) is 7.81. The van der Waals surface area contributed by atoms with Gasteiger partial charge in [0.2, 0.25) is 5.91 Å². The highest BCUT2D eigenvalue weighted by Crippen LogP contribution is 2.39. The average Bonchev–Trinajstić information content (AvgIpc) is 2.81. The lowest BCUT2D eigenvalue weighted by atomic mass is 10.1. The van der Waals surface area contributed by atoms with E-state index in [0.29, 0.717) is 11.4 Å². The minimum Gasteiger partial charge on any atom is -0.326 e. The summed E-state index contributed by atoms with van der Waals surface area (Å²) in [6.07, 6.45) is -0.530. The molecule has 0 aliphatic rings. The molecular weight excluding hydrogens is 542 g/mol. The van der Waals surface area contributed by atoms with E-state index in [1.54, 1.807) is 36.4 Å². The summed E-state index contributed by atoms with van der Waals surface area (Å²) in [6.45, 7) is 0. The second-order valence-corrected chi connectivity index (χ2v) is 11.9. The van der Waals surface area contributed by atoms with Gasteiger partial charge in [-0.05, 0) is 58.8 Å². The highest BCUT2D eigenvalue weighted by Gasteiger charge is 2.26. The number of hydrogen-bond acceptors (Lipinski definition) is 3. The second kappa shape index (κ2) is 11.1. The quantitative estimate of drug-likeness (QED) is 0.228. The van der Waals surface area contributed by atoms with E-state index < -0.39 is 24.9 Å². The number of carbonyl (C=O) groups is 1. The zero-order valence-corrected chi connectivity index (χ0v) is 21.9. The van der Waals surface area contributed by atoms with Crippen LogP contribution >= 0.6 is 30.8 Å². The summed E-state index contributed by atoms with van der Waals surface area (Å²) in [7, 11) is -6.58. The van der Waals surface area contributed by atoms with Crippen LogP contribution in [0.25, 0.3) is 10.8 Å². The first kappa shape index (κ1) is 26.4. The molecule has 1 amide bonds. The summed E-state index contributed by atoms with van der Waals surface area (Å²) in [4.78, 5) is 31.9. The molecule has 0 aliphatic carbocycles. The van der Waals surface area contributed by atoms with E-state index in [4.69, 9.17) is 23.2 Å². The van der Waals surface area contributed by atoms with E-state index in [1.807, 2.05) is 30.3 Å². The van der Waals surface area contributed by atoms with Crippen molar-refractivity contribution in [2.24, 2.45) is 0 Å². The van der Waals surface area contributed by atoms with Crippen molar-refractivity contribution in [2.45, 2.75) is 11.3 Å². The highest BCUT2D eigenvalue weighted by atomic mass is 35.5. The fourth-order valence-electron chi connectivity index (χ4n) is 3.61. The van der Waals surface area contributed by atoms with Gasteiger partial charge in [-0.1, -0.05) is 65.7 Å². The number of anilines is 2. The van der Waals surface area contributed by atoms with Crippen molar-refractivity contribution in [2.75, 3.05) is 15.9 Å². The van der Waals surface area contributed by atoms with Gasteiger partial charge in [0.1, 0.15) is 6.29 Å². The van der Waals surface area contributed by atoms with Crippen LogP contribution in [0, 0.1) is 0 Å². The third-order valence-electron chi connectivity index (χ3n) is 5.15. The van der Waals surface area contributed by atoms with Crippen LogP contribution in [-0.4, -0.2) is 26.2 Å². The number of fused-ring (bicyclic) bond motifs is 1. The maximum atomic E-state index is 13.3. The number of hydrogen-bond donors (Lipinski definition) is 3. The van der Waals surface area contributed by atoms with Gasteiger partial charge in [-0.3, -0.25) is 13.7 Å². The Morgan fingerprint density at radius 3 is 2.19 bits per heavy atom. The van der Waals surface area contributed by atoms with Crippen molar-refractivity contribution >= 4 is 69.8 Å². The summed E-state index contributed by atoms with van der Waals surface area (Å²) in [5, 5.41) is 4.89. The molecule has 3 N–H and O–H groups in total. The van der Waals surface area contributed by atoms with E-state index >= 15 is 0 Å². The monoisotopic (exact) mass is 562 g/mol. The Labute approximate surface area is 220 Å². The lowest BCUT2D eigenvalue weighted by Gasteiger charge is -2.24. The molecule has 7 nitrogen and oxygen atoms in total. The Balaban J connectivity index is 1.60.